The van der Waals surface area contributed by atoms with Gasteiger partial charge in [-0.1, -0.05) is 58.3 Å². The number of hydrogen-bond acceptors (Lipinski definition) is 1. The Hall–Kier alpha value is 0.130. The lowest BCUT2D eigenvalue weighted by molar-refractivity contribution is 0.173. The summed E-state index contributed by atoms with van der Waals surface area (Å²) in [6.45, 7) is 4.42. The van der Waals surface area contributed by atoms with Crippen LogP contribution in [0.2, 0.25) is 0 Å². The highest BCUT2D eigenvalue weighted by molar-refractivity contribution is 6.67. The first-order chi connectivity index (χ1) is 6.42. The van der Waals surface area contributed by atoms with Gasteiger partial charge < -0.3 is 4.74 Å². The van der Waals surface area contributed by atoms with Gasteiger partial charge in [-0.15, -0.1) is 0 Å². The second-order valence-corrected chi connectivity index (χ2v) is 5.46. The average Bonchev–Trinajstić information content (AvgIpc) is 2.00. The molecule has 0 saturated heterocycles. The largest absolute Gasteiger partial charge is 0.364 e. The van der Waals surface area contributed by atoms with Crippen molar-refractivity contribution in [3.8, 4) is 11.8 Å². The van der Waals surface area contributed by atoms with Gasteiger partial charge in [0.15, 0.2) is 0 Å². The second kappa shape index (κ2) is 7.43. The van der Waals surface area contributed by atoms with E-state index in [1.54, 1.807) is 0 Å². The van der Waals surface area contributed by atoms with Crippen LogP contribution >= 0.6 is 34.8 Å². The highest BCUT2D eigenvalue weighted by atomic mass is 35.6. The summed E-state index contributed by atoms with van der Waals surface area (Å²) >= 11 is 16.4. The molecule has 0 saturated carbocycles. The maximum Gasteiger partial charge on any atom is 0.213 e. The van der Waals surface area contributed by atoms with Gasteiger partial charge in [0, 0.05) is 6.42 Å². The lowest BCUT2D eigenvalue weighted by atomic mass is 10.3. The number of hydrogen-bond donors (Lipinski definition) is 0. The Balaban J connectivity index is 3.49. The van der Waals surface area contributed by atoms with Crippen molar-refractivity contribution in [2.24, 2.45) is 0 Å². The van der Waals surface area contributed by atoms with Crippen LogP contribution in [0.4, 0.5) is 0 Å². The monoisotopic (exact) mass is 254 g/mol. The third kappa shape index (κ3) is 12.1. The van der Waals surface area contributed by atoms with Crippen LogP contribution in [0, 0.1) is 11.8 Å². The summed E-state index contributed by atoms with van der Waals surface area (Å²) in [5, 5.41) is 0. The quantitative estimate of drug-likeness (QED) is 0.323. The van der Waals surface area contributed by atoms with Crippen LogP contribution in [0.3, 0.4) is 0 Å². The second-order valence-electron chi connectivity index (χ2n) is 2.95. The summed E-state index contributed by atoms with van der Waals surface area (Å²) in [6, 6.07) is 0. The molecule has 0 amide bonds. The normalized spacial score (nSPS) is 10.4. The van der Waals surface area contributed by atoms with Crippen LogP contribution in [0.1, 0.15) is 20.3 Å². The maximum atomic E-state index is 5.46. The molecular formula is C10H13Cl3O. The summed E-state index contributed by atoms with van der Waals surface area (Å²) in [4.78, 5) is 0. The van der Waals surface area contributed by atoms with Gasteiger partial charge in [-0.3, -0.25) is 0 Å². The minimum absolute atomic E-state index is 0.0645. The van der Waals surface area contributed by atoms with Crippen LogP contribution in [0.5, 0.6) is 0 Å². The van der Waals surface area contributed by atoms with Crippen molar-refractivity contribution >= 4 is 34.8 Å². The summed E-state index contributed by atoms with van der Waals surface area (Å²) < 4.78 is 3.67. The van der Waals surface area contributed by atoms with E-state index in [0.717, 1.165) is 6.42 Å². The Morgan fingerprint density at radius 2 is 1.93 bits per heavy atom. The molecule has 0 unspecified atom stereocenters. The predicted molar refractivity (Wildman–Crippen MR) is 62.9 cm³/mol. The van der Waals surface area contributed by atoms with E-state index in [4.69, 9.17) is 39.5 Å². The van der Waals surface area contributed by atoms with Crippen molar-refractivity contribution in [2.45, 2.75) is 24.1 Å². The van der Waals surface area contributed by atoms with Gasteiger partial charge >= 0.3 is 0 Å². The van der Waals surface area contributed by atoms with E-state index >= 15 is 0 Å². The molecule has 0 aromatic carbocycles. The van der Waals surface area contributed by atoms with E-state index in [2.05, 4.69) is 11.8 Å². The molecule has 0 spiro atoms. The fourth-order valence-corrected chi connectivity index (χ4v) is 0.828. The molecule has 0 atom stereocenters. The molecule has 0 rings (SSSR count). The topological polar surface area (TPSA) is 9.23 Å². The Labute approximate surface area is 100 Å². The smallest absolute Gasteiger partial charge is 0.213 e. The van der Waals surface area contributed by atoms with Gasteiger partial charge in [-0.2, -0.15) is 0 Å². The lowest BCUT2D eigenvalue weighted by Crippen LogP contribution is -2.12. The van der Waals surface area contributed by atoms with Gasteiger partial charge in [-0.25, -0.2) is 0 Å². The van der Waals surface area contributed by atoms with Crippen LogP contribution in [0.15, 0.2) is 11.6 Å². The van der Waals surface area contributed by atoms with E-state index in [0.29, 0.717) is 6.61 Å². The first-order valence-corrected chi connectivity index (χ1v) is 5.29. The highest BCUT2D eigenvalue weighted by Crippen LogP contribution is 2.25. The van der Waals surface area contributed by atoms with Crippen LogP contribution in [-0.2, 0) is 4.74 Å². The Bertz CT molecular complexity index is 238. The molecule has 0 aliphatic rings. The molecule has 14 heavy (non-hydrogen) atoms. The zero-order valence-electron chi connectivity index (χ0n) is 8.24. The standard InChI is InChI=1S/C10H13Cl3O/c1-9(2)6-4-3-5-7-14-8-10(11,12)13/h6H,4,7-8H2,1-2H3. The third-order valence-electron chi connectivity index (χ3n) is 1.18. The van der Waals surface area contributed by atoms with Gasteiger partial charge in [-0.05, 0) is 13.8 Å². The fraction of sp³-hybridized carbons (Fsp3) is 0.600. The molecule has 0 radical (unpaired) electrons. The zero-order chi connectivity index (χ0) is 11.0. The van der Waals surface area contributed by atoms with Crippen molar-refractivity contribution in [3.05, 3.63) is 11.6 Å². The van der Waals surface area contributed by atoms with Gasteiger partial charge in [0.1, 0.15) is 6.61 Å². The minimum atomic E-state index is -1.35. The highest BCUT2D eigenvalue weighted by Gasteiger charge is 2.18. The van der Waals surface area contributed by atoms with E-state index in [1.807, 2.05) is 19.9 Å². The molecule has 4 heteroatoms. The first-order valence-electron chi connectivity index (χ1n) is 4.15. The van der Waals surface area contributed by atoms with E-state index < -0.39 is 3.79 Å². The lowest BCUT2D eigenvalue weighted by Gasteiger charge is -2.08. The third-order valence-corrected chi connectivity index (χ3v) is 1.50. The summed E-state index contributed by atoms with van der Waals surface area (Å²) in [6.07, 6.45) is 2.78. The summed E-state index contributed by atoms with van der Waals surface area (Å²) in [5.41, 5.74) is 1.25. The summed E-state index contributed by atoms with van der Waals surface area (Å²) in [5.74, 6) is 5.74. The molecule has 0 N–H and O–H groups in total. The number of alkyl halides is 3. The molecule has 0 aromatic rings. The van der Waals surface area contributed by atoms with Crippen molar-refractivity contribution in [2.75, 3.05) is 13.2 Å². The van der Waals surface area contributed by atoms with E-state index in [-0.39, 0.29) is 6.61 Å². The minimum Gasteiger partial charge on any atom is -0.364 e. The van der Waals surface area contributed by atoms with Crippen molar-refractivity contribution in [1.82, 2.24) is 0 Å². The molecule has 0 heterocycles. The van der Waals surface area contributed by atoms with Crippen LogP contribution in [0.25, 0.3) is 0 Å². The zero-order valence-corrected chi connectivity index (χ0v) is 10.5. The SMILES string of the molecule is CC(C)=CCC#CCOCC(Cl)(Cl)Cl. The molecule has 1 nitrogen and oxygen atoms in total. The molecule has 0 aliphatic carbocycles. The van der Waals surface area contributed by atoms with E-state index in [1.165, 1.54) is 5.57 Å². The molecular weight excluding hydrogens is 242 g/mol. The number of rotatable bonds is 3. The Kier molecular flexibility index (Phi) is 7.49. The van der Waals surface area contributed by atoms with E-state index in [9.17, 15) is 0 Å². The molecule has 0 aromatic heterocycles. The van der Waals surface area contributed by atoms with Crippen molar-refractivity contribution in [1.29, 1.82) is 0 Å². The Morgan fingerprint density at radius 1 is 1.29 bits per heavy atom. The number of allylic oxidation sites excluding steroid dienone is 2. The van der Waals surface area contributed by atoms with Crippen LogP contribution < -0.4 is 0 Å². The fourth-order valence-electron chi connectivity index (χ4n) is 0.596. The van der Waals surface area contributed by atoms with Crippen LogP contribution in [-0.4, -0.2) is 17.0 Å². The average molecular weight is 256 g/mol. The van der Waals surface area contributed by atoms with Crippen molar-refractivity contribution < 1.29 is 4.74 Å². The predicted octanol–water partition coefficient (Wildman–Crippen LogP) is 3.73. The molecule has 0 bridgehead atoms. The maximum absolute atomic E-state index is 5.46. The Morgan fingerprint density at radius 3 is 2.43 bits per heavy atom. The van der Waals surface area contributed by atoms with Gasteiger partial charge in [0.2, 0.25) is 3.79 Å². The van der Waals surface area contributed by atoms with Gasteiger partial charge in [0.25, 0.3) is 0 Å². The van der Waals surface area contributed by atoms with Crippen molar-refractivity contribution in [3.63, 3.8) is 0 Å². The first kappa shape index (κ1) is 14.1. The summed E-state index contributed by atoms with van der Waals surface area (Å²) in [7, 11) is 0. The van der Waals surface area contributed by atoms with Gasteiger partial charge in [0.05, 0.1) is 6.61 Å². The molecule has 80 valence electrons. The molecule has 0 aliphatic heterocycles. The molecule has 0 fully saturated rings. The number of halogens is 3. The number of ether oxygens (including phenoxy) is 1.